The number of hydrogen-bond donors (Lipinski definition) is 1. The quantitative estimate of drug-likeness (QED) is 0.383. The summed E-state index contributed by atoms with van der Waals surface area (Å²) in [5.41, 5.74) is 1.44. The molecule has 0 bridgehead atoms. The van der Waals surface area contributed by atoms with Crippen molar-refractivity contribution in [3.63, 3.8) is 0 Å². The number of halogens is 1. The predicted octanol–water partition coefficient (Wildman–Crippen LogP) is 4.95. The van der Waals surface area contributed by atoms with Crippen LogP contribution in [0.15, 0.2) is 63.2 Å². The van der Waals surface area contributed by atoms with E-state index in [9.17, 15) is 14.4 Å². The molecule has 2 heterocycles. The highest BCUT2D eigenvalue weighted by Crippen LogP contribution is 2.31. The second-order valence-corrected chi connectivity index (χ2v) is 8.65. The van der Waals surface area contributed by atoms with Crippen LogP contribution in [0.3, 0.4) is 0 Å². The highest BCUT2D eigenvalue weighted by molar-refractivity contribution is 9.10. The van der Waals surface area contributed by atoms with Gasteiger partial charge in [0, 0.05) is 15.2 Å². The summed E-state index contributed by atoms with van der Waals surface area (Å²) in [6.07, 6.45) is 0. The van der Waals surface area contributed by atoms with Gasteiger partial charge in [-0.3, -0.25) is 9.59 Å². The van der Waals surface area contributed by atoms with Gasteiger partial charge in [0.15, 0.2) is 5.69 Å². The van der Waals surface area contributed by atoms with Crippen molar-refractivity contribution < 1.29 is 14.3 Å². The number of anilines is 1. The molecule has 0 unspecified atom stereocenters. The number of hydrogen-bond acceptors (Lipinski definition) is 6. The second kappa shape index (κ2) is 9.05. The third-order valence-electron chi connectivity index (χ3n) is 4.71. The molecule has 0 saturated heterocycles. The molecular formula is C23H18BrN3O4S. The Labute approximate surface area is 195 Å². The van der Waals surface area contributed by atoms with Crippen LogP contribution in [-0.4, -0.2) is 28.3 Å². The van der Waals surface area contributed by atoms with E-state index in [0.717, 1.165) is 16.9 Å². The first-order valence-corrected chi connectivity index (χ1v) is 11.4. The zero-order valence-electron chi connectivity index (χ0n) is 17.2. The van der Waals surface area contributed by atoms with Crippen LogP contribution in [0.5, 0.6) is 0 Å². The molecule has 9 heteroatoms. The van der Waals surface area contributed by atoms with Crippen molar-refractivity contribution in [1.29, 1.82) is 0 Å². The van der Waals surface area contributed by atoms with Gasteiger partial charge in [-0.25, -0.2) is 4.79 Å². The molecule has 4 aromatic rings. The van der Waals surface area contributed by atoms with Crippen molar-refractivity contribution in [3.8, 4) is 5.69 Å². The number of esters is 1. The zero-order chi connectivity index (χ0) is 22.8. The Hall–Kier alpha value is -3.30. The van der Waals surface area contributed by atoms with Crippen LogP contribution < -0.4 is 10.9 Å². The van der Waals surface area contributed by atoms with Gasteiger partial charge >= 0.3 is 5.97 Å². The Bertz CT molecular complexity index is 1410. The minimum Gasteiger partial charge on any atom is -0.461 e. The second-order valence-electron chi connectivity index (χ2n) is 6.91. The van der Waals surface area contributed by atoms with Crippen LogP contribution in [-0.2, 0) is 4.74 Å². The molecule has 1 N–H and O–H groups in total. The Balaban J connectivity index is 1.91. The predicted molar refractivity (Wildman–Crippen MR) is 128 cm³/mol. The number of aryl methyl sites for hydroxylation is 1. The Kier molecular flexibility index (Phi) is 6.20. The maximum Gasteiger partial charge on any atom is 0.359 e. The monoisotopic (exact) mass is 511 g/mol. The molecule has 1 amide bonds. The van der Waals surface area contributed by atoms with Crippen LogP contribution in [0.4, 0.5) is 5.00 Å². The number of fused-ring (bicyclic) bond motifs is 1. The third kappa shape index (κ3) is 4.09. The number of carbonyl (C=O) groups excluding carboxylic acids is 2. The van der Waals surface area contributed by atoms with E-state index >= 15 is 0 Å². The number of thiophene rings is 1. The lowest BCUT2D eigenvalue weighted by molar-refractivity contribution is 0.0520. The lowest BCUT2D eigenvalue weighted by Crippen LogP contribution is -2.25. The molecule has 0 aliphatic rings. The molecule has 0 fully saturated rings. The number of nitrogens with one attached hydrogen (secondary N) is 1. The van der Waals surface area contributed by atoms with E-state index < -0.39 is 11.5 Å². The van der Waals surface area contributed by atoms with Crippen LogP contribution >= 0.6 is 27.3 Å². The van der Waals surface area contributed by atoms with Crippen molar-refractivity contribution >= 4 is 54.9 Å². The summed E-state index contributed by atoms with van der Waals surface area (Å²) in [6.45, 7) is 3.76. The van der Waals surface area contributed by atoms with Crippen LogP contribution in [0.25, 0.3) is 16.5 Å². The summed E-state index contributed by atoms with van der Waals surface area (Å²) in [5.74, 6) is -1.02. The minimum atomic E-state index is -0.639. The summed E-state index contributed by atoms with van der Waals surface area (Å²) < 4.78 is 6.96. The molecule has 4 rings (SSSR count). The van der Waals surface area contributed by atoms with E-state index in [1.165, 1.54) is 4.68 Å². The topological polar surface area (TPSA) is 90.3 Å². The molecule has 162 valence electrons. The molecule has 0 spiro atoms. The molecule has 0 aliphatic carbocycles. The van der Waals surface area contributed by atoms with E-state index in [0.29, 0.717) is 26.1 Å². The van der Waals surface area contributed by atoms with Gasteiger partial charge in [-0.15, -0.1) is 11.3 Å². The summed E-state index contributed by atoms with van der Waals surface area (Å²) in [7, 11) is 0. The van der Waals surface area contributed by atoms with E-state index in [1.807, 2.05) is 13.0 Å². The van der Waals surface area contributed by atoms with Crippen LogP contribution in [0.2, 0.25) is 0 Å². The van der Waals surface area contributed by atoms with Gasteiger partial charge in [-0.05, 0) is 59.6 Å². The average molecular weight is 512 g/mol. The van der Waals surface area contributed by atoms with Crippen LogP contribution in [0.1, 0.15) is 33.3 Å². The smallest absolute Gasteiger partial charge is 0.359 e. The van der Waals surface area contributed by atoms with Crippen LogP contribution in [0, 0.1) is 6.92 Å². The molecule has 0 aliphatic heterocycles. The zero-order valence-corrected chi connectivity index (χ0v) is 19.6. The van der Waals surface area contributed by atoms with Crippen molar-refractivity contribution in [3.05, 3.63) is 85.6 Å². The van der Waals surface area contributed by atoms with Gasteiger partial charge in [0.2, 0.25) is 0 Å². The van der Waals surface area contributed by atoms with E-state index in [4.69, 9.17) is 4.74 Å². The molecule has 2 aromatic carbocycles. The summed E-state index contributed by atoms with van der Waals surface area (Å²) in [5, 5.41) is 9.62. The van der Waals surface area contributed by atoms with Crippen molar-refractivity contribution in [2.24, 2.45) is 0 Å². The fraction of sp³-hybridized carbons (Fsp3) is 0.130. The first-order valence-electron chi connectivity index (χ1n) is 9.75. The number of aromatic nitrogens is 2. The largest absolute Gasteiger partial charge is 0.461 e. The number of nitrogens with zero attached hydrogens (tertiary/aromatic N) is 2. The first-order chi connectivity index (χ1) is 15.4. The maximum atomic E-state index is 13.4. The van der Waals surface area contributed by atoms with Crippen molar-refractivity contribution in [2.45, 2.75) is 13.8 Å². The number of carbonyl (C=O) groups is 2. The van der Waals surface area contributed by atoms with Gasteiger partial charge in [-0.2, -0.15) is 9.78 Å². The third-order valence-corrected chi connectivity index (χ3v) is 6.30. The molecule has 0 saturated carbocycles. The van der Waals surface area contributed by atoms with Gasteiger partial charge in [0.05, 0.1) is 23.2 Å². The first kappa shape index (κ1) is 21.9. The Morgan fingerprint density at radius 3 is 2.69 bits per heavy atom. The highest BCUT2D eigenvalue weighted by Gasteiger charge is 2.23. The fourth-order valence-electron chi connectivity index (χ4n) is 3.24. The highest BCUT2D eigenvalue weighted by atomic mass is 79.9. The number of ether oxygens (including phenoxy) is 1. The van der Waals surface area contributed by atoms with E-state index in [2.05, 4.69) is 26.3 Å². The Morgan fingerprint density at radius 1 is 1.19 bits per heavy atom. The SMILES string of the molecule is CCOC(=O)c1nn(-c2cccc(C)c2)c(=O)c2c(NC(=O)c3ccccc3Br)scc12. The van der Waals surface area contributed by atoms with E-state index in [1.54, 1.807) is 54.8 Å². The molecule has 7 nitrogen and oxygen atoms in total. The number of benzene rings is 2. The van der Waals surface area contributed by atoms with Crippen molar-refractivity contribution in [2.75, 3.05) is 11.9 Å². The lowest BCUT2D eigenvalue weighted by Gasteiger charge is -2.10. The minimum absolute atomic E-state index is 0.0144. The molecule has 32 heavy (non-hydrogen) atoms. The van der Waals surface area contributed by atoms with E-state index in [-0.39, 0.29) is 23.6 Å². The normalized spacial score (nSPS) is 10.8. The standard InChI is InChI=1S/C23H18BrN3O4S/c1-3-31-23(30)19-16-12-32-21(25-20(28)15-9-4-5-10-17(15)24)18(16)22(29)27(26-19)14-8-6-7-13(2)11-14/h4-12H,3H2,1-2H3,(H,25,28). The fourth-order valence-corrected chi connectivity index (χ4v) is 4.64. The summed E-state index contributed by atoms with van der Waals surface area (Å²) in [4.78, 5) is 38.9. The molecule has 2 aromatic heterocycles. The summed E-state index contributed by atoms with van der Waals surface area (Å²) >= 11 is 4.52. The van der Waals surface area contributed by atoms with Crippen molar-refractivity contribution in [1.82, 2.24) is 9.78 Å². The summed E-state index contributed by atoms with van der Waals surface area (Å²) in [6, 6.07) is 14.2. The maximum absolute atomic E-state index is 13.4. The Morgan fingerprint density at radius 2 is 1.97 bits per heavy atom. The van der Waals surface area contributed by atoms with Gasteiger partial charge in [0.25, 0.3) is 11.5 Å². The molecule has 0 atom stereocenters. The van der Waals surface area contributed by atoms with Gasteiger partial charge < -0.3 is 10.1 Å². The molecular weight excluding hydrogens is 494 g/mol. The number of rotatable bonds is 5. The molecule has 0 radical (unpaired) electrons. The lowest BCUT2D eigenvalue weighted by atomic mass is 10.2. The van der Waals surface area contributed by atoms with Gasteiger partial charge in [0.1, 0.15) is 5.00 Å². The number of amides is 1. The van der Waals surface area contributed by atoms with Gasteiger partial charge in [-0.1, -0.05) is 24.3 Å². The average Bonchev–Trinajstić information content (AvgIpc) is 3.18.